The molecular weight excluding hydrogens is 467 g/mol. The van der Waals surface area contributed by atoms with Crippen molar-refractivity contribution in [3.8, 4) is 11.3 Å². The van der Waals surface area contributed by atoms with Crippen LogP contribution in [0.4, 0.5) is 10.1 Å². The number of rotatable bonds is 4. The fraction of sp³-hybridized carbons (Fsp3) is 0.259. The fourth-order valence-corrected chi connectivity index (χ4v) is 4.63. The van der Waals surface area contributed by atoms with Gasteiger partial charge in [0.1, 0.15) is 18.2 Å². The summed E-state index contributed by atoms with van der Waals surface area (Å²) in [5, 5.41) is 12.1. The second-order valence-electron chi connectivity index (χ2n) is 8.62. The van der Waals surface area contributed by atoms with Gasteiger partial charge in [0, 0.05) is 52.1 Å². The van der Waals surface area contributed by atoms with Gasteiger partial charge < -0.3 is 14.7 Å². The van der Waals surface area contributed by atoms with Gasteiger partial charge in [0.25, 0.3) is 0 Å². The van der Waals surface area contributed by atoms with Crippen LogP contribution >= 0.6 is 11.6 Å². The molecular formula is C27H24ClFN4O2. The van der Waals surface area contributed by atoms with Crippen LogP contribution in [-0.2, 0) is 4.74 Å². The second-order valence-corrected chi connectivity index (χ2v) is 9.03. The van der Waals surface area contributed by atoms with Crippen molar-refractivity contribution in [2.75, 3.05) is 31.2 Å². The van der Waals surface area contributed by atoms with E-state index in [9.17, 15) is 5.11 Å². The minimum atomic E-state index is -1.09. The van der Waals surface area contributed by atoms with Gasteiger partial charge in [-0.25, -0.2) is 19.4 Å². The Kier molecular flexibility index (Phi) is 6.50. The molecule has 1 fully saturated rings. The molecule has 0 bridgehead atoms. The highest BCUT2D eigenvalue weighted by Crippen LogP contribution is 2.38. The molecule has 0 amide bonds. The third-order valence-electron chi connectivity index (χ3n) is 6.24. The van der Waals surface area contributed by atoms with E-state index < -0.39 is 11.9 Å². The van der Waals surface area contributed by atoms with E-state index in [1.807, 2.05) is 38.1 Å². The molecule has 5 rings (SSSR count). The molecule has 0 spiro atoms. The van der Waals surface area contributed by atoms with Crippen molar-refractivity contribution in [3.63, 3.8) is 0 Å². The number of hydrogen-bond donors (Lipinski definition) is 1. The number of fused-ring (bicyclic) bond motifs is 1. The molecule has 35 heavy (non-hydrogen) atoms. The Morgan fingerprint density at radius 3 is 2.74 bits per heavy atom. The van der Waals surface area contributed by atoms with Crippen LogP contribution < -0.4 is 4.90 Å². The number of benzene rings is 2. The lowest BCUT2D eigenvalue weighted by Crippen LogP contribution is -2.36. The first-order valence-electron chi connectivity index (χ1n) is 11.4. The lowest BCUT2D eigenvalue weighted by atomic mass is 9.93. The molecule has 1 N–H and O–H groups in total. The number of aliphatic hydroxyl groups excluding tert-OH is 1. The summed E-state index contributed by atoms with van der Waals surface area (Å²) in [5.41, 5.74) is 4.93. The van der Waals surface area contributed by atoms with Crippen molar-refractivity contribution < 1.29 is 14.2 Å². The summed E-state index contributed by atoms with van der Waals surface area (Å²) in [6.07, 6.45) is 3.83. The van der Waals surface area contributed by atoms with Crippen molar-refractivity contribution in [3.05, 3.63) is 82.1 Å². The first-order valence-corrected chi connectivity index (χ1v) is 11.7. The number of allylic oxidation sites excluding steroid dienone is 2. The van der Waals surface area contributed by atoms with Crippen molar-refractivity contribution in [1.29, 1.82) is 0 Å². The van der Waals surface area contributed by atoms with Gasteiger partial charge in [0.15, 0.2) is 0 Å². The van der Waals surface area contributed by atoms with Crippen molar-refractivity contribution in [1.82, 2.24) is 9.97 Å². The normalized spacial score (nSPS) is 17.1. The van der Waals surface area contributed by atoms with Gasteiger partial charge >= 0.3 is 0 Å². The minimum Gasteiger partial charge on any atom is -0.384 e. The molecule has 178 valence electrons. The third kappa shape index (κ3) is 4.64. The molecule has 1 unspecified atom stereocenters. The number of aromatic nitrogens is 2. The first-order chi connectivity index (χ1) is 16.9. The van der Waals surface area contributed by atoms with Gasteiger partial charge in [-0.15, -0.1) is 0 Å². The molecule has 3 aromatic rings. The highest BCUT2D eigenvalue weighted by molar-refractivity contribution is 6.31. The Balaban J connectivity index is 1.59. The Morgan fingerprint density at radius 1 is 1.14 bits per heavy atom. The molecule has 1 aromatic heterocycles. The predicted octanol–water partition coefficient (Wildman–Crippen LogP) is 5.42. The average Bonchev–Trinajstić information content (AvgIpc) is 3.03. The smallest absolute Gasteiger partial charge is 0.134 e. The number of morpholine rings is 1. The van der Waals surface area contributed by atoms with E-state index >= 15 is 4.39 Å². The lowest BCUT2D eigenvalue weighted by molar-refractivity contribution is 0.122. The second kappa shape index (κ2) is 9.72. The third-order valence-corrected chi connectivity index (χ3v) is 6.57. The van der Waals surface area contributed by atoms with E-state index in [4.69, 9.17) is 16.3 Å². The molecule has 8 heteroatoms. The molecule has 1 atom stereocenters. The molecule has 3 heterocycles. The molecule has 0 radical (unpaired) electrons. The quantitative estimate of drug-likeness (QED) is 0.529. The maximum Gasteiger partial charge on any atom is 0.134 e. The zero-order valence-corrected chi connectivity index (χ0v) is 20.2. The van der Waals surface area contributed by atoms with Crippen LogP contribution in [0.1, 0.15) is 25.5 Å². The van der Waals surface area contributed by atoms with E-state index in [0.717, 1.165) is 24.4 Å². The summed E-state index contributed by atoms with van der Waals surface area (Å²) in [7, 11) is 0. The van der Waals surface area contributed by atoms with Gasteiger partial charge in [-0.1, -0.05) is 17.7 Å². The molecule has 1 saturated heterocycles. The van der Waals surface area contributed by atoms with Crippen molar-refractivity contribution >= 4 is 34.1 Å². The van der Waals surface area contributed by atoms with Gasteiger partial charge in [0.05, 0.1) is 24.4 Å². The highest BCUT2D eigenvalue weighted by Gasteiger charge is 2.23. The maximum atomic E-state index is 15.2. The van der Waals surface area contributed by atoms with E-state index in [-0.39, 0.29) is 10.6 Å². The zero-order chi connectivity index (χ0) is 24.5. The monoisotopic (exact) mass is 490 g/mol. The molecule has 2 aromatic carbocycles. The molecule has 2 aliphatic heterocycles. The summed E-state index contributed by atoms with van der Waals surface area (Å²) in [6.45, 7) is 6.67. The van der Waals surface area contributed by atoms with Gasteiger partial charge in [-0.2, -0.15) is 0 Å². The van der Waals surface area contributed by atoms with Crippen LogP contribution in [0.25, 0.3) is 22.2 Å². The van der Waals surface area contributed by atoms with Crippen LogP contribution in [0.2, 0.25) is 5.02 Å². The summed E-state index contributed by atoms with van der Waals surface area (Å²) in [4.78, 5) is 15.2. The topological polar surface area (TPSA) is 70.8 Å². The van der Waals surface area contributed by atoms with Crippen LogP contribution in [0, 0.1) is 5.82 Å². The SMILES string of the molecule is CC1=C=NC=C(C)C=C1C(O)c1cc(-c2ncnc3cc(N4CCOCC4)ccc23)c(F)cc1Cl. The Bertz CT molecular complexity index is 1440. The summed E-state index contributed by atoms with van der Waals surface area (Å²) in [5.74, 6) is 2.37. The maximum absolute atomic E-state index is 15.2. The zero-order valence-electron chi connectivity index (χ0n) is 19.4. The number of anilines is 1. The highest BCUT2D eigenvalue weighted by atomic mass is 35.5. The van der Waals surface area contributed by atoms with Crippen LogP contribution in [0.5, 0.6) is 0 Å². The number of aliphatic hydroxyl groups is 1. The average molecular weight is 491 g/mol. The number of hydrogen-bond acceptors (Lipinski definition) is 6. The van der Waals surface area contributed by atoms with Gasteiger partial charge in [-0.3, -0.25) is 0 Å². The van der Waals surface area contributed by atoms with Crippen molar-refractivity contribution in [2.45, 2.75) is 20.0 Å². The van der Waals surface area contributed by atoms with Crippen LogP contribution in [-0.4, -0.2) is 47.2 Å². The number of nitrogens with zero attached hydrogens (tertiary/aromatic N) is 4. The standard InChI is InChI=1S/C27H24ClFN4O2/c1-16-9-20(17(2)14-30-13-16)27(34)21-11-22(24(29)12-23(21)28)26-19-4-3-18(10-25(19)31-15-32-26)33-5-7-35-8-6-33/h3-4,9-13,15,27,34H,5-8H2,1-2H3. The molecule has 2 aliphatic rings. The predicted molar refractivity (Wildman–Crippen MR) is 136 cm³/mol. The van der Waals surface area contributed by atoms with Crippen molar-refractivity contribution in [2.24, 2.45) is 4.99 Å². The van der Waals surface area contributed by atoms with E-state index in [2.05, 4.69) is 25.7 Å². The summed E-state index contributed by atoms with van der Waals surface area (Å²) in [6, 6.07) is 8.66. The molecule has 0 aliphatic carbocycles. The Hall–Kier alpha value is -3.35. The number of halogens is 2. The molecule has 0 saturated carbocycles. The minimum absolute atomic E-state index is 0.128. The van der Waals surface area contributed by atoms with E-state index in [0.29, 0.717) is 46.5 Å². The van der Waals surface area contributed by atoms with E-state index in [1.54, 1.807) is 12.3 Å². The largest absolute Gasteiger partial charge is 0.384 e. The van der Waals surface area contributed by atoms with Crippen LogP contribution in [0.15, 0.2) is 70.6 Å². The summed E-state index contributed by atoms with van der Waals surface area (Å²) >= 11 is 6.41. The lowest BCUT2D eigenvalue weighted by Gasteiger charge is -2.29. The number of aliphatic imine (C=N–C) groups is 1. The Morgan fingerprint density at radius 2 is 1.94 bits per heavy atom. The Labute approximate surface area is 207 Å². The van der Waals surface area contributed by atoms with Crippen LogP contribution in [0.3, 0.4) is 0 Å². The summed E-state index contributed by atoms with van der Waals surface area (Å²) < 4.78 is 20.7. The van der Waals surface area contributed by atoms with Gasteiger partial charge in [0.2, 0.25) is 0 Å². The number of ether oxygens (including phenoxy) is 1. The molecule has 6 nitrogen and oxygen atoms in total. The fourth-order valence-electron chi connectivity index (χ4n) is 4.37. The van der Waals surface area contributed by atoms with E-state index in [1.165, 1.54) is 12.4 Å². The first kappa shape index (κ1) is 23.4. The van der Waals surface area contributed by atoms with Gasteiger partial charge in [-0.05, 0) is 61.2 Å².